The maximum Gasteiger partial charge on any atom is 0.108 e. The van der Waals surface area contributed by atoms with E-state index in [1.807, 2.05) is 12.4 Å². The van der Waals surface area contributed by atoms with E-state index in [4.69, 9.17) is 0 Å². The number of hydrogen-bond donors (Lipinski definition) is 1. The second kappa shape index (κ2) is 8.22. The number of aryl methyl sites for hydroxylation is 2. The summed E-state index contributed by atoms with van der Waals surface area (Å²) in [5, 5.41) is 4.52. The maximum absolute atomic E-state index is 4.44. The Hall–Kier alpha value is -0.130. The van der Waals surface area contributed by atoms with Crippen molar-refractivity contribution in [1.29, 1.82) is 0 Å². The lowest BCUT2D eigenvalue weighted by Crippen LogP contribution is -2.41. The number of nitrogens with one attached hydrogen (secondary N) is 1. The Kier molecular flexibility index (Phi) is 6.61. The van der Waals surface area contributed by atoms with Crippen molar-refractivity contribution in [1.82, 2.24) is 14.9 Å². The fraction of sp³-hybridized carbons (Fsp3) is 0.786. The molecule has 2 rings (SSSR count). The minimum Gasteiger partial charge on any atom is -0.338 e. The summed E-state index contributed by atoms with van der Waals surface area (Å²) in [5.41, 5.74) is 0. The highest BCUT2D eigenvalue weighted by Gasteiger charge is 2.24. The molecule has 0 aromatic carbocycles. The van der Waals surface area contributed by atoms with Gasteiger partial charge in [0.1, 0.15) is 5.82 Å². The van der Waals surface area contributed by atoms with Crippen LogP contribution in [0.3, 0.4) is 0 Å². The van der Waals surface area contributed by atoms with Crippen LogP contribution < -0.4 is 5.32 Å². The van der Waals surface area contributed by atoms with Crippen molar-refractivity contribution in [3.05, 3.63) is 18.2 Å². The van der Waals surface area contributed by atoms with Gasteiger partial charge in [-0.3, -0.25) is 0 Å². The Morgan fingerprint density at radius 2 is 2.42 bits per heavy atom. The van der Waals surface area contributed by atoms with E-state index >= 15 is 0 Å². The molecule has 0 aliphatic carbocycles. The highest BCUT2D eigenvalue weighted by molar-refractivity contribution is 8.06. The van der Waals surface area contributed by atoms with Crippen molar-refractivity contribution >= 4 is 23.5 Å². The molecule has 1 aromatic rings. The van der Waals surface area contributed by atoms with Gasteiger partial charge < -0.3 is 9.88 Å². The molecule has 1 aliphatic rings. The van der Waals surface area contributed by atoms with E-state index in [0.717, 1.165) is 18.2 Å². The van der Waals surface area contributed by atoms with Crippen LogP contribution in [0.4, 0.5) is 0 Å². The molecule has 1 aliphatic heterocycles. The lowest BCUT2D eigenvalue weighted by Gasteiger charge is -2.30. The van der Waals surface area contributed by atoms with Crippen LogP contribution in [0.15, 0.2) is 12.4 Å². The predicted octanol–water partition coefficient (Wildman–Crippen LogP) is 2.57. The number of aromatic nitrogens is 2. The van der Waals surface area contributed by atoms with Crippen LogP contribution >= 0.6 is 23.5 Å². The molecule has 2 atom stereocenters. The largest absolute Gasteiger partial charge is 0.338 e. The average Bonchev–Trinajstić information content (AvgIpc) is 2.85. The Morgan fingerprint density at radius 3 is 3.05 bits per heavy atom. The van der Waals surface area contributed by atoms with Crippen molar-refractivity contribution in [3.63, 3.8) is 0 Å². The molecule has 1 N–H and O–H groups in total. The Morgan fingerprint density at radius 1 is 1.53 bits per heavy atom. The van der Waals surface area contributed by atoms with Crippen molar-refractivity contribution in [2.45, 2.75) is 37.5 Å². The molecule has 0 radical (unpaired) electrons. The van der Waals surface area contributed by atoms with Gasteiger partial charge in [-0.2, -0.15) is 23.5 Å². The van der Waals surface area contributed by atoms with Gasteiger partial charge in [0.15, 0.2) is 0 Å². The molecule has 1 fully saturated rings. The monoisotopic (exact) mass is 299 g/mol. The zero-order valence-electron chi connectivity index (χ0n) is 12.0. The molecule has 19 heavy (non-hydrogen) atoms. The molecule has 0 bridgehead atoms. The molecule has 0 spiro atoms. The lowest BCUT2D eigenvalue weighted by atomic mass is 10.1. The van der Waals surface area contributed by atoms with Gasteiger partial charge in [-0.05, 0) is 19.4 Å². The Balaban J connectivity index is 1.87. The third-order valence-electron chi connectivity index (χ3n) is 3.55. The predicted molar refractivity (Wildman–Crippen MR) is 87.2 cm³/mol. The van der Waals surface area contributed by atoms with Crippen molar-refractivity contribution in [2.24, 2.45) is 7.05 Å². The van der Waals surface area contributed by atoms with Gasteiger partial charge in [0.05, 0.1) is 0 Å². The molecule has 108 valence electrons. The van der Waals surface area contributed by atoms with E-state index in [1.54, 1.807) is 0 Å². The molecular weight excluding hydrogens is 274 g/mol. The molecule has 2 unspecified atom stereocenters. The van der Waals surface area contributed by atoms with Gasteiger partial charge in [0.2, 0.25) is 0 Å². The van der Waals surface area contributed by atoms with Crippen molar-refractivity contribution in [2.75, 3.05) is 23.8 Å². The first-order valence-corrected chi connectivity index (χ1v) is 9.40. The number of nitrogens with zero attached hydrogens (tertiary/aromatic N) is 2. The fourth-order valence-electron chi connectivity index (χ4n) is 2.41. The molecule has 1 aromatic heterocycles. The first kappa shape index (κ1) is 15.3. The Labute approximate surface area is 125 Å². The van der Waals surface area contributed by atoms with Crippen molar-refractivity contribution in [3.8, 4) is 0 Å². The third-order valence-corrected chi connectivity index (χ3v) is 6.47. The smallest absolute Gasteiger partial charge is 0.108 e. The topological polar surface area (TPSA) is 29.9 Å². The fourth-order valence-corrected chi connectivity index (χ4v) is 5.34. The summed E-state index contributed by atoms with van der Waals surface area (Å²) < 4.78 is 2.14. The summed E-state index contributed by atoms with van der Waals surface area (Å²) >= 11 is 4.26. The van der Waals surface area contributed by atoms with Crippen LogP contribution in [-0.4, -0.2) is 44.6 Å². The highest BCUT2D eigenvalue weighted by atomic mass is 32.2. The Bertz CT molecular complexity index is 361. The quantitative estimate of drug-likeness (QED) is 0.838. The SMILES string of the molecule is CCCNC(CCc1nccn1C)C1CSCCS1. The molecule has 3 nitrogen and oxygen atoms in total. The van der Waals surface area contributed by atoms with E-state index < -0.39 is 0 Å². The zero-order valence-corrected chi connectivity index (χ0v) is 13.6. The van der Waals surface area contributed by atoms with Gasteiger partial charge in [-0.1, -0.05) is 6.92 Å². The molecule has 2 heterocycles. The average molecular weight is 300 g/mol. The summed E-state index contributed by atoms with van der Waals surface area (Å²) in [7, 11) is 2.09. The zero-order chi connectivity index (χ0) is 13.5. The third kappa shape index (κ3) is 4.72. The number of imidazole rings is 1. The van der Waals surface area contributed by atoms with Gasteiger partial charge in [0, 0.05) is 54.4 Å². The summed E-state index contributed by atoms with van der Waals surface area (Å²) in [5.74, 6) is 5.13. The molecule has 0 saturated carbocycles. The van der Waals surface area contributed by atoms with Gasteiger partial charge in [-0.15, -0.1) is 0 Å². The van der Waals surface area contributed by atoms with Crippen LogP contribution in [0.1, 0.15) is 25.6 Å². The lowest BCUT2D eigenvalue weighted by molar-refractivity contribution is 0.472. The minimum atomic E-state index is 0.634. The normalized spacial score (nSPS) is 21.5. The first-order valence-electron chi connectivity index (χ1n) is 7.20. The number of rotatable bonds is 7. The minimum absolute atomic E-state index is 0.634. The van der Waals surface area contributed by atoms with E-state index in [-0.39, 0.29) is 0 Å². The van der Waals surface area contributed by atoms with Crippen LogP contribution in [0.25, 0.3) is 0 Å². The second-order valence-electron chi connectivity index (χ2n) is 5.04. The van der Waals surface area contributed by atoms with E-state index in [0.29, 0.717) is 6.04 Å². The molecule has 5 heteroatoms. The van der Waals surface area contributed by atoms with E-state index in [2.05, 4.69) is 52.4 Å². The number of hydrogen-bond acceptors (Lipinski definition) is 4. The first-order chi connectivity index (χ1) is 9.31. The summed E-state index contributed by atoms with van der Waals surface area (Å²) in [4.78, 5) is 4.44. The summed E-state index contributed by atoms with van der Waals surface area (Å²) in [6.07, 6.45) is 7.42. The van der Waals surface area contributed by atoms with E-state index in [9.17, 15) is 0 Å². The van der Waals surface area contributed by atoms with Crippen LogP contribution in [-0.2, 0) is 13.5 Å². The van der Waals surface area contributed by atoms with E-state index in [1.165, 1.54) is 35.9 Å². The standard InChI is InChI=1S/C14H25N3S2/c1-3-6-15-12(13-11-18-9-10-19-13)4-5-14-16-7-8-17(14)2/h7-8,12-13,15H,3-6,9-11H2,1-2H3. The summed E-state index contributed by atoms with van der Waals surface area (Å²) in [6, 6.07) is 0.634. The summed E-state index contributed by atoms with van der Waals surface area (Å²) in [6.45, 7) is 3.37. The molecule has 1 saturated heterocycles. The van der Waals surface area contributed by atoms with Gasteiger partial charge >= 0.3 is 0 Å². The molecular formula is C14H25N3S2. The van der Waals surface area contributed by atoms with Crippen LogP contribution in [0.5, 0.6) is 0 Å². The van der Waals surface area contributed by atoms with Gasteiger partial charge in [0.25, 0.3) is 0 Å². The van der Waals surface area contributed by atoms with Crippen LogP contribution in [0.2, 0.25) is 0 Å². The maximum atomic E-state index is 4.44. The van der Waals surface area contributed by atoms with Crippen molar-refractivity contribution < 1.29 is 0 Å². The van der Waals surface area contributed by atoms with Crippen LogP contribution in [0, 0.1) is 0 Å². The number of thioether (sulfide) groups is 2. The van der Waals surface area contributed by atoms with Gasteiger partial charge in [-0.25, -0.2) is 4.98 Å². The second-order valence-corrected chi connectivity index (χ2v) is 7.53. The molecule has 0 amide bonds. The highest BCUT2D eigenvalue weighted by Crippen LogP contribution is 2.28.